The maximum atomic E-state index is 6.03. The van der Waals surface area contributed by atoms with Gasteiger partial charge >= 0.3 is 0 Å². The SMILES string of the molecule is CCNc1cc(OC2CCC(C)(C)CC2)nc(C)n1. The van der Waals surface area contributed by atoms with Crippen molar-refractivity contribution in [2.45, 2.75) is 59.5 Å². The van der Waals surface area contributed by atoms with E-state index in [0.717, 1.165) is 31.0 Å². The molecular formula is C15H25N3O. The van der Waals surface area contributed by atoms with Crippen LogP contribution in [0.2, 0.25) is 0 Å². The zero-order valence-electron chi connectivity index (χ0n) is 12.5. The van der Waals surface area contributed by atoms with Gasteiger partial charge in [0.1, 0.15) is 17.7 Å². The fraction of sp³-hybridized carbons (Fsp3) is 0.733. The maximum absolute atomic E-state index is 6.03. The van der Waals surface area contributed by atoms with Gasteiger partial charge in [-0.3, -0.25) is 0 Å². The summed E-state index contributed by atoms with van der Waals surface area (Å²) in [6.07, 6.45) is 4.99. The van der Waals surface area contributed by atoms with E-state index in [-0.39, 0.29) is 0 Å². The topological polar surface area (TPSA) is 47.0 Å². The van der Waals surface area contributed by atoms with E-state index < -0.39 is 0 Å². The second kappa shape index (κ2) is 5.76. The standard InChI is InChI=1S/C15H25N3O/c1-5-16-13-10-14(18-11(2)17-13)19-12-6-8-15(3,4)9-7-12/h10,12H,5-9H2,1-4H3,(H,16,17,18). The van der Waals surface area contributed by atoms with Crippen molar-refractivity contribution in [2.75, 3.05) is 11.9 Å². The first-order valence-corrected chi connectivity index (χ1v) is 7.25. The number of ether oxygens (including phenoxy) is 1. The molecule has 19 heavy (non-hydrogen) atoms. The first kappa shape index (κ1) is 14.1. The van der Waals surface area contributed by atoms with Crippen LogP contribution in [0.4, 0.5) is 5.82 Å². The van der Waals surface area contributed by atoms with Crippen LogP contribution in [0.3, 0.4) is 0 Å². The molecule has 0 atom stereocenters. The fourth-order valence-electron chi connectivity index (χ4n) is 2.53. The zero-order valence-corrected chi connectivity index (χ0v) is 12.5. The number of aromatic nitrogens is 2. The molecule has 0 saturated heterocycles. The predicted molar refractivity (Wildman–Crippen MR) is 77.6 cm³/mol. The Morgan fingerprint density at radius 3 is 2.63 bits per heavy atom. The molecule has 0 bridgehead atoms. The van der Waals surface area contributed by atoms with Crippen molar-refractivity contribution in [3.05, 3.63) is 11.9 Å². The van der Waals surface area contributed by atoms with Gasteiger partial charge < -0.3 is 10.1 Å². The summed E-state index contributed by atoms with van der Waals surface area (Å²) in [5, 5.41) is 3.21. The van der Waals surface area contributed by atoms with Gasteiger partial charge in [0.2, 0.25) is 5.88 Å². The van der Waals surface area contributed by atoms with E-state index in [2.05, 4.69) is 36.1 Å². The molecule has 0 aliphatic heterocycles. The Morgan fingerprint density at radius 1 is 1.32 bits per heavy atom. The van der Waals surface area contributed by atoms with E-state index in [1.54, 1.807) is 0 Å². The van der Waals surface area contributed by atoms with Crippen LogP contribution in [0.1, 0.15) is 52.3 Å². The number of aryl methyl sites for hydroxylation is 1. The average Bonchev–Trinajstić information content (AvgIpc) is 2.32. The number of hydrogen-bond acceptors (Lipinski definition) is 4. The molecular weight excluding hydrogens is 238 g/mol. The third-order valence-electron chi connectivity index (χ3n) is 3.75. The van der Waals surface area contributed by atoms with Crippen LogP contribution in [0.15, 0.2) is 6.07 Å². The van der Waals surface area contributed by atoms with Gasteiger partial charge in [-0.05, 0) is 44.9 Å². The number of anilines is 1. The summed E-state index contributed by atoms with van der Waals surface area (Å²) in [7, 11) is 0. The molecule has 1 aliphatic carbocycles. The van der Waals surface area contributed by atoms with Crippen LogP contribution < -0.4 is 10.1 Å². The van der Waals surface area contributed by atoms with E-state index in [1.165, 1.54) is 12.8 Å². The Morgan fingerprint density at radius 2 is 2.00 bits per heavy atom. The third-order valence-corrected chi connectivity index (χ3v) is 3.75. The van der Waals surface area contributed by atoms with E-state index in [1.807, 2.05) is 13.0 Å². The van der Waals surface area contributed by atoms with Crippen molar-refractivity contribution in [3.8, 4) is 5.88 Å². The van der Waals surface area contributed by atoms with Gasteiger partial charge in [0.15, 0.2) is 0 Å². The van der Waals surface area contributed by atoms with Crippen molar-refractivity contribution in [3.63, 3.8) is 0 Å². The van der Waals surface area contributed by atoms with E-state index >= 15 is 0 Å². The third kappa shape index (κ3) is 4.08. The highest BCUT2D eigenvalue weighted by molar-refractivity contribution is 5.38. The summed E-state index contributed by atoms with van der Waals surface area (Å²) in [5.41, 5.74) is 0.469. The minimum atomic E-state index is 0.303. The zero-order chi connectivity index (χ0) is 13.9. The molecule has 0 unspecified atom stereocenters. The largest absolute Gasteiger partial charge is 0.474 e. The minimum absolute atomic E-state index is 0.303. The summed E-state index contributed by atoms with van der Waals surface area (Å²) >= 11 is 0. The Labute approximate surface area is 116 Å². The summed E-state index contributed by atoms with van der Waals surface area (Å²) < 4.78 is 6.03. The predicted octanol–water partition coefficient (Wildman–Crippen LogP) is 3.56. The molecule has 1 N–H and O–H groups in total. The van der Waals surface area contributed by atoms with E-state index in [9.17, 15) is 0 Å². The summed E-state index contributed by atoms with van der Waals surface area (Å²) in [4.78, 5) is 8.71. The van der Waals surface area contributed by atoms with Crippen molar-refractivity contribution in [1.82, 2.24) is 9.97 Å². The van der Waals surface area contributed by atoms with E-state index in [0.29, 0.717) is 17.4 Å². The number of nitrogens with one attached hydrogen (secondary N) is 1. The first-order chi connectivity index (χ1) is 8.98. The second-order valence-corrected chi connectivity index (χ2v) is 6.15. The molecule has 0 amide bonds. The van der Waals surface area contributed by atoms with Crippen molar-refractivity contribution in [1.29, 1.82) is 0 Å². The normalized spacial score (nSPS) is 19.2. The molecule has 1 aliphatic rings. The lowest BCUT2D eigenvalue weighted by atomic mass is 9.76. The van der Waals surface area contributed by atoms with Gasteiger partial charge in [-0.25, -0.2) is 4.98 Å². The van der Waals surface area contributed by atoms with Crippen molar-refractivity contribution >= 4 is 5.82 Å². The quantitative estimate of drug-likeness (QED) is 0.902. The monoisotopic (exact) mass is 263 g/mol. The lowest BCUT2D eigenvalue weighted by molar-refractivity contribution is 0.0947. The molecule has 4 heteroatoms. The summed E-state index contributed by atoms with van der Waals surface area (Å²) in [6.45, 7) is 9.48. The Kier molecular flexibility index (Phi) is 4.27. The number of rotatable bonds is 4. The molecule has 1 heterocycles. The summed E-state index contributed by atoms with van der Waals surface area (Å²) in [6, 6.07) is 1.90. The van der Waals surface area contributed by atoms with Gasteiger partial charge in [0, 0.05) is 12.6 Å². The van der Waals surface area contributed by atoms with Gasteiger partial charge in [-0.15, -0.1) is 0 Å². The maximum Gasteiger partial charge on any atom is 0.218 e. The highest BCUT2D eigenvalue weighted by Crippen LogP contribution is 2.36. The lowest BCUT2D eigenvalue weighted by Gasteiger charge is -2.34. The molecule has 1 fully saturated rings. The van der Waals surface area contributed by atoms with Gasteiger partial charge in [-0.1, -0.05) is 13.8 Å². The highest BCUT2D eigenvalue weighted by atomic mass is 16.5. The molecule has 106 valence electrons. The van der Waals surface area contributed by atoms with Gasteiger partial charge in [-0.2, -0.15) is 4.98 Å². The van der Waals surface area contributed by atoms with Crippen LogP contribution in [0, 0.1) is 12.3 Å². The smallest absolute Gasteiger partial charge is 0.218 e. The van der Waals surface area contributed by atoms with Crippen LogP contribution >= 0.6 is 0 Å². The van der Waals surface area contributed by atoms with E-state index in [4.69, 9.17) is 4.74 Å². The molecule has 1 saturated carbocycles. The molecule has 0 spiro atoms. The number of hydrogen-bond donors (Lipinski definition) is 1. The fourth-order valence-corrected chi connectivity index (χ4v) is 2.53. The van der Waals surface area contributed by atoms with Gasteiger partial charge in [0.05, 0.1) is 0 Å². The van der Waals surface area contributed by atoms with Crippen molar-refractivity contribution < 1.29 is 4.74 Å². The molecule has 2 rings (SSSR count). The highest BCUT2D eigenvalue weighted by Gasteiger charge is 2.28. The van der Waals surface area contributed by atoms with Crippen LogP contribution in [0.5, 0.6) is 5.88 Å². The van der Waals surface area contributed by atoms with Crippen LogP contribution in [-0.4, -0.2) is 22.6 Å². The Hall–Kier alpha value is -1.32. The first-order valence-electron chi connectivity index (χ1n) is 7.25. The van der Waals surface area contributed by atoms with Crippen LogP contribution in [-0.2, 0) is 0 Å². The Bertz CT molecular complexity index is 421. The number of nitrogens with zero attached hydrogens (tertiary/aromatic N) is 2. The molecule has 0 aromatic carbocycles. The van der Waals surface area contributed by atoms with Crippen molar-refractivity contribution in [2.24, 2.45) is 5.41 Å². The molecule has 1 aromatic rings. The molecule has 0 radical (unpaired) electrons. The van der Waals surface area contributed by atoms with Crippen LogP contribution in [0.25, 0.3) is 0 Å². The molecule has 4 nitrogen and oxygen atoms in total. The second-order valence-electron chi connectivity index (χ2n) is 6.15. The van der Waals surface area contributed by atoms with Gasteiger partial charge in [0.25, 0.3) is 0 Å². The average molecular weight is 263 g/mol. The minimum Gasteiger partial charge on any atom is -0.474 e. The Balaban J connectivity index is 1.99. The lowest BCUT2D eigenvalue weighted by Crippen LogP contribution is -2.28. The summed E-state index contributed by atoms with van der Waals surface area (Å²) in [5.74, 6) is 2.30. The molecule has 1 aromatic heterocycles.